The van der Waals surface area contributed by atoms with Crippen molar-refractivity contribution in [2.45, 2.75) is 68.3 Å². The third-order valence-electron chi connectivity index (χ3n) is 9.65. The number of oxime groups is 1. The van der Waals surface area contributed by atoms with Gasteiger partial charge in [0.05, 0.1) is 23.5 Å². The Bertz CT molecular complexity index is 1380. The van der Waals surface area contributed by atoms with Gasteiger partial charge in [-0.2, -0.15) is 11.8 Å². The zero-order valence-electron chi connectivity index (χ0n) is 27.6. The van der Waals surface area contributed by atoms with Crippen LogP contribution in [0.3, 0.4) is 0 Å². The first-order valence-electron chi connectivity index (χ1n) is 17.0. The molecule has 3 aliphatic rings. The molecule has 2 heterocycles. The maximum Gasteiger partial charge on any atom is 0.230 e. The molecule has 8 nitrogen and oxygen atoms in total. The maximum absolute atomic E-state index is 9.76. The number of thioether (sulfide) groups is 1. The van der Waals surface area contributed by atoms with Gasteiger partial charge < -0.3 is 29.3 Å². The topological polar surface area (TPSA) is 103 Å². The standard InChI is InChI=1S/C38H50N2O6S/c1-4-21-44-29-12-13-34-32(25-29)36-30(11-7-9-20-42)28(10-6-8-19-41)24-31-33(40-43-3)26-35(38(46-34,37(31)36)45-22-5-2)47-23-16-27-14-17-39-18-15-27/h4-5,12-15,17-18,24-25,28,30,35-37,41-42H,1-2,6-11,16,19-23,26H2,3H3/t28-,30+,35-,36+,37+,38+/m0/s1. The van der Waals surface area contributed by atoms with Gasteiger partial charge in [-0.1, -0.05) is 42.8 Å². The molecular weight excluding hydrogens is 612 g/mol. The lowest BCUT2D eigenvalue weighted by molar-refractivity contribution is -0.223. The predicted molar refractivity (Wildman–Crippen MR) is 188 cm³/mol. The van der Waals surface area contributed by atoms with E-state index in [0.717, 1.165) is 79.0 Å². The molecule has 0 spiro atoms. The van der Waals surface area contributed by atoms with Crippen molar-refractivity contribution in [1.82, 2.24) is 4.98 Å². The largest absolute Gasteiger partial charge is 0.490 e. The number of pyridine rings is 1. The number of aromatic nitrogens is 1. The summed E-state index contributed by atoms with van der Waals surface area (Å²) < 4.78 is 20.2. The molecular formula is C38H50N2O6S. The van der Waals surface area contributed by atoms with Crippen molar-refractivity contribution in [3.63, 3.8) is 0 Å². The van der Waals surface area contributed by atoms with Gasteiger partial charge in [0.25, 0.3) is 0 Å². The Hall–Kier alpha value is -3.11. The second-order valence-corrected chi connectivity index (χ2v) is 13.8. The van der Waals surface area contributed by atoms with Crippen molar-refractivity contribution < 1.29 is 29.3 Å². The van der Waals surface area contributed by atoms with Crippen LogP contribution in [0.4, 0.5) is 0 Å². The van der Waals surface area contributed by atoms with E-state index in [1.807, 2.05) is 36.3 Å². The molecule has 9 heteroatoms. The third-order valence-corrected chi connectivity index (χ3v) is 11.0. The van der Waals surface area contributed by atoms with E-state index in [-0.39, 0.29) is 42.1 Å². The number of benzene rings is 1. The van der Waals surface area contributed by atoms with Crippen LogP contribution in [0.15, 0.2) is 84.8 Å². The van der Waals surface area contributed by atoms with Gasteiger partial charge in [-0.15, -0.1) is 6.58 Å². The number of allylic oxidation sites excluding steroid dienone is 1. The SMILES string of the molecule is C=CCOc1ccc2c(c1)[C@H]1[C@H](CCCCO)[C@@H](CCCCO)C=C3C(=NOC)C[C@H](SCCc4ccncc4)[C@@](OCC=C)(O2)[C@H]31. The normalized spacial score (nSPS) is 26.8. The van der Waals surface area contributed by atoms with Gasteiger partial charge in [-0.25, -0.2) is 0 Å². The lowest BCUT2D eigenvalue weighted by atomic mass is 9.56. The van der Waals surface area contributed by atoms with Crippen LogP contribution in [0.1, 0.15) is 62.0 Å². The zero-order chi connectivity index (χ0) is 33.1. The molecule has 0 unspecified atom stereocenters. The molecule has 1 aliphatic heterocycles. The van der Waals surface area contributed by atoms with Crippen molar-refractivity contribution in [2.24, 2.45) is 22.9 Å². The monoisotopic (exact) mass is 662 g/mol. The molecule has 2 aliphatic carbocycles. The average Bonchev–Trinajstić information content (AvgIpc) is 3.09. The highest BCUT2D eigenvalue weighted by Crippen LogP contribution is 2.62. The van der Waals surface area contributed by atoms with Gasteiger partial charge in [0.1, 0.15) is 25.2 Å². The van der Waals surface area contributed by atoms with Gasteiger partial charge in [-0.05, 0) is 91.2 Å². The molecule has 1 aromatic heterocycles. The van der Waals surface area contributed by atoms with E-state index in [1.54, 1.807) is 19.3 Å². The number of unbranched alkanes of at least 4 members (excludes halogenated alkanes) is 2. The summed E-state index contributed by atoms with van der Waals surface area (Å²) in [5.41, 5.74) is 4.42. The molecule has 2 aromatic rings. The molecule has 254 valence electrons. The predicted octanol–water partition coefficient (Wildman–Crippen LogP) is 6.89. The van der Waals surface area contributed by atoms with Crippen LogP contribution in [0.5, 0.6) is 11.5 Å². The van der Waals surface area contributed by atoms with E-state index in [0.29, 0.717) is 19.6 Å². The van der Waals surface area contributed by atoms with Crippen LogP contribution in [-0.2, 0) is 16.0 Å². The molecule has 0 saturated heterocycles. The number of hydrogen-bond donors (Lipinski definition) is 2. The van der Waals surface area contributed by atoms with Gasteiger partial charge >= 0.3 is 0 Å². The van der Waals surface area contributed by atoms with Gasteiger partial charge in [-0.3, -0.25) is 4.98 Å². The molecule has 0 bridgehead atoms. The molecule has 6 atom stereocenters. The molecule has 0 radical (unpaired) electrons. The fourth-order valence-corrected chi connectivity index (χ4v) is 9.11. The van der Waals surface area contributed by atoms with E-state index in [2.05, 4.69) is 47.6 Å². The molecule has 1 aromatic carbocycles. The minimum atomic E-state index is -0.970. The molecule has 5 rings (SSSR count). The Labute approximate surface area is 283 Å². The highest BCUT2D eigenvalue weighted by molar-refractivity contribution is 8.00. The summed E-state index contributed by atoms with van der Waals surface area (Å²) >= 11 is 1.86. The molecule has 0 amide bonds. The van der Waals surface area contributed by atoms with Crippen LogP contribution in [0.2, 0.25) is 0 Å². The number of aryl methyl sites for hydroxylation is 1. The summed E-state index contributed by atoms with van der Waals surface area (Å²) in [6.45, 7) is 8.95. The summed E-state index contributed by atoms with van der Waals surface area (Å²) in [7, 11) is 1.61. The van der Waals surface area contributed by atoms with Crippen molar-refractivity contribution in [3.05, 3.63) is 90.8 Å². The van der Waals surface area contributed by atoms with Crippen LogP contribution in [0, 0.1) is 17.8 Å². The first kappa shape index (κ1) is 35.2. The van der Waals surface area contributed by atoms with Crippen LogP contribution >= 0.6 is 11.8 Å². The Morgan fingerprint density at radius 3 is 2.53 bits per heavy atom. The van der Waals surface area contributed by atoms with Gasteiger partial charge in [0, 0.05) is 43.5 Å². The number of aliphatic hydroxyl groups excluding tert-OH is 2. The van der Waals surface area contributed by atoms with Crippen molar-refractivity contribution in [3.8, 4) is 11.5 Å². The van der Waals surface area contributed by atoms with Crippen LogP contribution in [-0.4, -0.2) is 71.2 Å². The van der Waals surface area contributed by atoms with Crippen LogP contribution in [0.25, 0.3) is 0 Å². The highest BCUT2D eigenvalue weighted by Gasteiger charge is 2.63. The van der Waals surface area contributed by atoms with E-state index in [4.69, 9.17) is 19.0 Å². The zero-order valence-corrected chi connectivity index (χ0v) is 28.4. The summed E-state index contributed by atoms with van der Waals surface area (Å²) in [5.74, 6) is 1.88. The summed E-state index contributed by atoms with van der Waals surface area (Å²) in [6.07, 6.45) is 16.4. The number of fused-ring (bicyclic) bond motifs is 2. The second kappa shape index (κ2) is 17.3. The first-order valence-corrected chi connectivity index (χ1v) is 18.0. The molecule has 47 heavy (non-hydrogen) atoms. The summed E-state index contributed by atoms with van der Waals surface area (Å²) in [6, 6.07) is 10.3. The minimum Gasteiger partial charge on any atom is -0.490 e. The number of ether oxygens (including phenoxy) is 3. The van der Waals surface area contributed by atoms with Crippen LogP contribution < -0.4 is 9.47 Å². The van der Waals surface area contributed by atoms with E-state index in [9.17, 15) is 10.2 Å². The molecule has 2 N–H and O–H groups in total. The summed E-state index contributed by atoms with van der Waals surface area (Å²) in [5, 5.41) is 24.0. The Morgan fingerprint density at radius 1 is 1.04 bits per heavy atom. The van der Waals surface area contributed by atoms with Gasteiger partial charge in [0.15, 0.2) is 0 Å². The lowest BCUT2D eigenvalue weighted by Gasteiger charge is -2.58. The number of rotatable bonds is 19. The maximum atomic E-state index is 9.76. The quantitative estimate of drug-likeness (QED) is 0.0954. The molecule has 1 saturated carbocycles. The van der Waals surface area contributed by atoms with Gasteiger partial charge in [0.2, 0.25) is 5.79 Å². The van der Waals surface area contributed by atoms with Crippen molar-refractivity contribution in [2.75, 3.05) is 39.3 Å². The lowest BCUT2D eigenvalue weighted by Crippen LogP contribution is -2.64. The highest BCUT2D eigenvalue weighted by atomic mass is 32.2. The van der Waals surface area contributed by atoms with E-state index in [1.165, 1.54) is 5.56 Å². The first-order chi connectivity index (χ1) is 23.1. The number of aliphatic hydroxyl groups is 2. The average molecular weight is 663 g/mol. The Balaban J connectivity index is 1.65. The minimum absolute atomic E-state index is 0.0410. The Kier molecular flexibility index (Phi) is 13.0. The Morgan fingerprint density at radius 2 is 1.81 bits per heavy atom. The number of hydrogen-bond acceptors (Lipinski definition) is 9. The van der Waals surface area contributed by atoms with E-state index >= 15 is 0 Å². The fourth-order valence-electron chi connectivity index (χ4n) is 7.70. The molecule has 1 fully saturated rings. The second-order valence-electron chi connectivity index (χ2n) is 12.5. The smallest absolute Gasteiger partial charge is 0.230 e. The van der Waals surface area contributed by atoms with E-state index < -0.39 is 5.79 Å². The fraction of sp³-hybridized carbons (Fsp3) is 0.526. The number of nitrogens with zero attached hydrogens (tertiary/aromatic N) is 2. The van der Waals surface area contributed by atoms with Crippen molar-refractivity contribution in [1.29, 1.82) is 0 Å². The van der Waals surface area contributed by atoms with Crippen molar-refractivity contribution >= 4 is 17.5 Å². The summed E-state index contributed by atoms with van der Waals surface area (Å²) in [4.78, 5) is 9.68. The third kappa shape index (κ3) is 7.96.